The maximum absolute atomic E-state index is 12.6. The lowest BCUT2D eigenvalue weighted by atomic mass is 9.95. The van der Waals surface area contributed by atoms with Gasteiger partial charge in [0.05, 0.1) is 5.56 Å². The van der Waals surface area contributed by atoms with Crippen LogP contribution in [-0.4, -0.2) is 16.7 Å². The van der Waals surface area contributed by atoms with Crippen LogP contribution >= 0.6 is 11.6 Å². The Kier molecular flexibility index (Phi) is 4.62. The van der Waals surface area contributed by atoms with Gasteiger partial charge in [0.2, 0.25) is 5.91 Å². The highest BCUT2D eigenvalue weighted by Crippen LogP contribution is 2.22. The maximum atomic E-state index is 12.6. The summed E-state index contributed by atoms with van der Waals surface area (Å²) in [6.07, 6.45) is 1.53. The van der Waals surface area contributed by atoms with Crippen molar-refractivity contribution >= 4 is 29.1 Å². The fourth-order valence-electron chi connectivity index (χ4n) is 1.77. The average Bonchev–Trinajstić information content (AvgIpc) is 2.46. The third-order valence-corrected chi connectivity index (χ3v) is 3.29. The highest BCUT2D eigenvalue weighted by atomic mass is 35.5. The molecule has 0 aliphatic heterocycles. The van der Waals surface area contributed by atoms with Crippen LogP contribution in [0.3, 0.4) is 0 Å². The van der Waals surface area contributed by atoms with Crippen molar-refractivity contribution in [1.29, 1.82) is 0 Å². The Labute approximate surface area is 134 Å². The number of nitrogens with zero attached hydrogens (tertiary/aromatic N) is 1. The molecule has 0 aliphatic carbocycles. The number of anilines is 1. The van der Waals surface area contributed by atoms with Crippen molar-refractivity contribution < 1.29 is 9.59 Å². The van der Waals surface area contributed by atoms with Gasteiger partial charge in [-0.05, 0) is 24.3 Å². The summed E-state index contributed by atoms with van der Waals surface area (Å²) in [5.74, 6) is -0.182. The second kappa shape index (κ2) is 6.28. The Balaban J connectivity index is 2.36. The number of nitrogens with one attached hydrogen (secondary N) is 1. The molecule has 0 bridgehead atoms. The molecule has 1 amide bonds. The summed E-state index contributed by atoms with van der Waals surface area (Å²) in [5.41, 5.74) is 0.211. The van der Waals surface area contributed by atoms with Crippen LogP contribution in [0.1, 0.15) is 36.7 Å². The van der Waals surface area contributed by atoms with Gasteiger partial charge in [0.25, 0.3) is 0 Å². The first kappa shape index (κ1) is 16.2. The molecule has 5 heteroatoms. The minimum absolute atomic E-state index is 0.202. The number of hydrogen-bond donors (Lipinski definition) is 1. The van der Waals surface area contributed by atoms with Crippen LogP contribution in [0.2, 0.25) is 5.02 Å². The number of rotatable bonds is 3. The van der Waals surface area contributed by atoms with Crippen LogP contribution in [0.5, 0.6) is 0 Å². The van der Waals surface area contributed by atoms with Gasteiger partial charge in [0, 0.05) is 22.2 Å². The van der Waals surface area contributed by atoms with E-state index in [0.717, 1.165) is 0 Å². The van der Waals surface area contributed by atoms with E-state index in [-0.39, 0.29) is 17.5 Å². The molecule has 0 saturated carbocycles. The monoisotopic (exact) mass is 316 g/mol. The summed E-state index contributed by atoms with van der Waals surface area (Å²) in [5, 5.41) is 3.19. The predicted molar refractivity (Wildman–Crippen MR) is 87.2 cm³/mol. The van der Waals surface area contributed by atoms with Gasteiger partial charge in [-0.3, -0.25) is 9.59 Å². The van der Waals surface area contributed by atoms with Crippen molar-refractivity contribution in [3.63, 3.8) is 0 Å². The fraction of sp³-hybridized carbons (Fsp3) is 0.235. The Morgan fingerprint density at radius 1 is 1.14 bits per heavy atom. The Bertz CT molecular complexity index is 721. The molecule has 1 N–H and O–H groups in total. The molecular formula is C17H17ClN2O2. The number of pyridine rings is 1. The molecule has 0 radical (unpaired) electrons. The molecule has 0 atom stereocenters. The van der Waals surface area contributed by atoms with Gasteiger partial charge in [0.1, 0.15) is 5.82 Å². The van der Waals surface area contributed by atoms with Crippen molar-refractivity contribution in [2.24, 2.45) is 5.41 Å². The number of hydrogen-bond acceptors (Lipinski definition) is 3. The number of ketones is 1. The molecule has 114 valence electrons. The number of benzene rings is 1. The van der Waals surface area contributed by atoms with Crippen molar-refractivity contribution in [1.82, 2.24) is 4.98 Å². The molecule has 1 aromatic carbocycles. The molecule has 0 fully saturated rings. The van der Waals surface area contributed by atoms with Crippen LogP contribution in [0.25, 0.3) is 0 Å². The number of amides is 1. The number of carbonyl (C=O) groups excluding carboxylic acids is 2. The first-order valence-corrected chi connectivity index (χ1v) is 7.23. The van der Waals surface area contributed by atoms with Crippen LogP contribution in [-0.2, 0) is 4.79 Å². The van der Waals surface area contributed by atoms with Crippen LogP contribution in [0, 0.1) is 5.41 Å². The zero-order valence-electron chi connectivity index (χ0n) is 12.7. The lowest BCUT2D eigenvalue weighted by Gasteiger charge is -2.18. The van der Waals surface area contributed by atoms with Crippen molar-refractivity contribution in [3.8, 4) is 0 Å². The van der Waals surface area contributed by atoms with E-state index in [9.17, 15) is 9.59 Å². The van der Waals surface area contributed by atoms with E-state index >= 15 is 0 Å². The van der Waals surface area contributed by atoms with Crippen LogP contribution in [0.4, 0.5) is 5.82 Å². The zero-order chi connectivity index (χ0) is 16.3. The largest absolute Gasteiger partial charge is 0.310 e. The maximum Gasteiger partial charge on any atom is 0.230 e. The van der Waals surface area contributed by atoms with Gasteiger partial charge < -0.3 is 5.32 Å². The van der Waals surface area contributed by atoms with E-state index in [4.69, 9.17) is 11.6 Å². The predicted octanol–water partition coefficient (Wildman–Crippen LogP) is 3.95. The third-order valence-electron chi connectivity index (χ3n) is 3.05. The first-order chi connectivity index (χ1) is 10.3. The van der Waals surface area contributed by atoms with Gasteiger partial charge >= 0.3 is 0 Å². The Morgan fingerprint density at radius 2 is 1.86 bits per heavy atom. The number of halogens is 1. The van der Waals surface area contributed by atoms with Gasteiger partial charge in [0.15, 0.2) is 5.78 Å². The minimum atomic E-state index is -0.576. The molecule has 2 rings (SSSR count). The smallest absolute Gasteiger partial charge is 0.230 e. The lowest BCUT2D eigenvalue weighted by Crippen LogP contribution is -2.29. The number of carbonyl (C=O) groups is 2. The van der Waals surface area contributed by atoms with Gasteiger partial charge in [-0.2, -0.15) is 0 Å². The van der Waals surface area contributed by atoms with Gasteiger partial charge in [-0.1, -0.05) is 44.5 Å². The minimum Gasteiger partial charge on any atom is -0.310 e. The summed E-state index contributed by atoms with van der Waals surface area (Å²) in [4.78, 5) is 28.8. The molecule has 0 saturated heterocycles. The summed E-state index contributed by atoms with van der Waals surface area (Å²) in [6, 6.07) is 9.96. The van der Waals surface area contributed by atoms with E-state index in [0.29, 0.717) is 16.1 Å². The molecule has 0 spiro atoms. The Hall–Kier alpha value is -2.20. The average molecular weight is 317 g/mol. The van der Waals surface area contributed by atoms with Gasteiger partial charge in [-0.25, -0.2) is 4.98 Å². The lowest BCUT2D eigenvalue weighted by molar-refractivity contribution is -0.123. The topological polar surface area (TPSA) is 59.1 Å². The van der Waals surface area contributed by atoms with Crippen molar-refractivity contribution in [3.05, 3.63) is 58.7 Å². The van der Waals surface area contributed by atoms with Crippen molar-refractivity contribution in [2.45, 2.75) is 20.8 Å². The summed E-state index contributed by atoms with van der Waals surface area (Å²) < 4.78 is 0. The van der Waals surface area contributed by atoms with Gasteiger partial charge in [-0.15, -0.1) is 0 Å². The molecule has 4 nitrogen and oxygen atoms in total. The summed E-state index contributed by atoms with van der Waals surface area (Å²) in [6.45, 7) is 5.39. The van der Waals surface area contributed by atoms with E-state index in [1.54, 1.807) is 57.2 Å². The normalized spacial score (nSPS) is 11.1. The second-order valence-corrected chi connectivity index (χ2v) is 6.38. The highest BCUT2D eigenvalue weighted by Gasteiger charge is 2.24. The molecule has 2 aromatic rings. The quantitative estimate of drug-likeness (QED) is 0.872. The highest BCUT2D eigenvalue weighted by molar-refractivity contribution is 6.31. The fourth-order valence-corrected chi connectivity index (χ4v) is 1.96. The SMILES string of the molecule is CC(C)(C)C(=O)Nc1ncccc1C(=O)c1cccc(Cl)c1. The molecule has 0 unspecified atom stereocenters. The standard InChI is InChI=1S/C17H17ClN2O2/c1-17(2,3)16(22)20-15-13(8-5-9-19-15)14(21)11-6-4-7-12(18)10-11/h4-10H,1-3H3,(H,19,20,22). The van der Waals surface area contributed by atoms with E-state index < -0.39 is 5.41 Å². The third kappa shape index (κ3) is 3.71. The molecule has 1 heterocycles. The molecular weight excluding hydrogens is 300 g/mol. The molecule has 1 aromatic heterocycles. The second-order valence-electron chi connectivity index (χ2n) is 5.94. The molecule has 22 heavy (non-hydrogen) atoms. The summed E-state index contributed by atoms with van der Waals surface area (Å²) in [7, 11) is 0. The van der Waals surface area contributed by atoms with Crippen LogP contribution < -0.4 is 5.32 Å². The first-order valence-electron chi connectivity index (χ1n) is 6.86. The van der Waals surface area contributed by atoms with E-state index in [1.165, 1.54) is 6.20 Å². The number of aromatic nitrogens is 1. The Morgan fingerprint density at radius 3 is 2.50 bits per heavy atom. The zero-order valence-corrected chi connectivity index (χ0v) is 13.4. The van der Waals surface area contributed by atoms with E-state index in [1.807, 2.05) is 0 Å². The molecule has 0 aliphatic rings. The van der Waals surface area contributed by atoms with E-state index in [2.05, 4.69) is 10.3 Å². The van der Waals surface area contributed by atoms with Crippen LogP contribution in [0.15, 0.2) is 42.6 Å². The van der Waals surface area contributed by atoms with Crippen molar-refractivity contribution in [2.75, 3.05) is 5.32 Å². The summed E-state index contributed by atoms with van der Waals surface area (Å²) >= 11 is 5.92.